The fourth-order valence-electron chi connectivity index (χ4n) is 3.62. The monoisotopic (exact) mass is 344 g/mol. The van der Waals surface area contributed by atoms with Crippen LogP contribution < -0.4 is 10.6 Å². The number of aromatic nitrogens is 2. The second-order valence-corrected chi connectivity index (χ2v) is 6.46. The number of carbonyl (C=O) groups is 1. The maximum absolute atomic E-state index is 12.0. The zero-order chi connectivity index (χ0) is 17.9. The molecular formula is C21H20N4O. The topological polar surface area (TPSA) is 72.1 Å². The Bertz CT molecular complexity index is 912. The molecule has 0 radical (unpaired) electrons. The van der Waals surface area contributed by atoms with Crippen molar-refractivity contribution in [1.29, 1.82) is 0 Å². The zero-order valence-electron chi connectivity index (χ0n) is 14.4. The number of pyridine rings is 2. The third-order valence-corrected chi connectivity index (χ3v) is 4.89. The quantitative estimate of drug-likeness (QED) is 0.788. The number of benzene rings is 1. The number of nitrogens with zero attached hydrogens (tertiary/aromatic N) is 3. The van der Waals surface area contributed by atoms with Gasteiger partial charge in [0.05, 0.1) is 0 Å². The van der Waals surface area contributed by atoms with Gasteiger partial charge in [-0.15, -0.1) is 0 Å². The van der Waals surface area contributed by atoms with Crippen LogP contribution in [-0.2, 0) is 4.79 Å². The minimum atomic E-state index is -0.266. The SMILES string of the molecule is NC(=O)C1CCCN1c1cc(-c2ccncc2)ccc1-c1ccncc1. The van der Waals surface area contributed by atoms with Gasteiger partial charge >= 0.3 is 0 Å². The summed E-state index contributed by atoms with van der Waals surface area (Å²) in [7, 11) is 0. The highest BCUT2D eigenvalue weighted by molar-refractivity contribution is 5.89. The number of hydrogen-bond acceptors (Lipinski definition) is 4. The van der Waals surface area contributed by atoms with Crippen molar-refractivity contribution in [3.63, 3.8) is 0 Å². The van der Waals surface area contributed by atoms with Crippen LogP contribution in [0.25, 0.3) is 22.3 Å². The summed E-state index contributed by atoms with van der Waals surface area (Å²) in [6.45, 7) is 0.825. The summed E-state index contributed by atoms with van der Waals surface area (Å²) < 4.78 is 0. The van der Waals surface area contributed by atoms with Crippen LogP contribution in [0.5, 0.6) is 0 Å². The summed E-state index contributed by atoms with van der Waals surface area (Å²) in [5.41, 5.74) is 11.0. The van der Waals surface area contributed by atoms with Gasteiger partial charge in [0.2, 0.25) is 5.91 Å². The Hall–Kier alpha value is -3.21. The molecule has 0 spiro atoms. The zero-order valence-corrected chi connectivity index (χ0v) is 14.4. The molecule has 3 heterocycles. The van der Waals surface area contributed by atoms with Gasteiger partial charge in [-0.25, -0.2) is 0 Å². The molecule has 5 nitrogen and oxygen atoms in total. The predicted octanol–water partition coefficient (Wildman–Crippen LogP) is 3.26. The summed E-state index contributed by atoms with van der Waals surface area (Å²) in [4.78, 5) is 22.3. The molecule has 0 saturated carbocycles. The van der Waals surface area contributed by atoms with Crippen LogP contribution in [0.2, 0.25) is 0 Å². The van der Waals surface area contributed by atoms with Gasteiger partial charge in [-0.1, -0.05) is 12.1 Å². The van der Waals surface area contributed by atoms with Gasteiger partial charge < -0.3 is 10.6 Å². The maximum atomic E-state index is 12.0. The Morgan fingerprint density at radius 2 is 1.58 bits per heavy atom. The predicted molar refractivity (Wildman–Crippen MR) is 102 cm³/mol. The number of anilines is 1. The lowest BCUT2D eigenvalue weighted by atomic mass is 9.98. The second kappa shape index (κ2) is 6.96. The summed E-state index contributed by atoms with van der Waals surface area (Å²) in [5.74, 6) is -0.266. The lowest BCUT2D eigenvalue weighted by Gasteiger charge is -2.27. The third kappa shape index (κ3) is 3.04. The molecule has 0 aliphatic carbocycles. The van der Waals surface area contributed by atoms with Gasteiger partial charge in [0, 0.05) is 42.6 Å². The van der Waals surface area contributed by atoms with Gasteiger partial charge in [0.25, 0.3) is 0 Å². The molecular weight excluding hydrogens is 324 g/mol. The smallest absolute Gasteiger partial charge is 0.240 e. The summed E-state index contributed by atoms with van der Waals surface area (Å²) in [6.07, 6.45) is 8.89. The van der Waals surface area contributed by atoms with Gasteiger partial charge in [-0.2, -0.15) is 0 Å². The van der Waals surface area contributed by atoms with E-state index in [0.717, 1.165) is 47.3 Å². The Morgan fingerprint density at radius 3 is 2.23 bits per heavy atom. The fourth-order valence-corrected chi connectivity index (χ4v) is 3.62. The number of primary amides is 1. The number of nitrogens with two attached hydrogens (primary N) is 1. The van der Waals surface area contributed by atoms with Crippen molar-refractivity contribution < 1.29 is 4.79 Å². The van der Waals surface area contributed by atoms with Crippen LogP contribution in [-0.4, -0.2) is 28.5 Å². The van der Waals surface area contributed by atoms with Crippen molar-refractivity contribution in [1.82, 2.24) is 9.97 Å². The minimum absolute atomic E-state index is 0.261. The van der Waals surface area contributed by atoms with E-state index in [9.17, 15) is 4.79 Å². The Balaban J connectivity index is 1.86. The maximum Gasteiger partial charge on any atom is 0.240 e. The van der Waals surface area contributed by atoms with E-state index < -0.39 is 0 Å². The average molecular weight is 344 g/mol. The molecule has 2 aromatic heterocycles. The highest BCUT2D eigenvalue weighted by Gasteiger charge is 2.30. The van der Waals surface area contributed by atoms with Crippen LogP contribution in [0.1, 0.15) is 12.8 Å². The van der Waals surface area contributed by atoms with Gasteiger partial charge in [-0.3, -0.25) is 14.8 Å². The highest BCUT2D eigenvalue weighted by atomic mass is 16.1. The lowest BCUT2D eigenvalue weighted by molar-refractivity contribution is -0.119. The molecule has 1 atom stereocenters. The number of hydrogen-bond donors (Lipinski definition) is 1. The van der Waals surface area contributed by atoms with E-state index in [0.29, 0.717) is 0 Å². The molecule has 1 aliphatic rings. The Kier molecular flexibility index (Phi) is 4.35. The molecule has 5 heteroatoms. The first-order valence-electron chi connectivity index (χ1n) is 8.75. The minimum Gasteiger partial charge on any atom is -0.368 e. The van der Waals surface area contributed by atoms with Crippen LogP contribution in [0.3, 0.4) is 0 Å². The average Bonchev–Trinajstić information content (AvgIpc) is 3.19. The van der Waals surface area contributed by atoms with Crippen molar-refractivity contribution in [3.8, 4) is 22.3 Å². The fraction of sp³-hybridized carbons (Fsp3) is 0.190. The van der Waals surface area contributed by atoms with Crippen LogP contribution in [0, 0.1) is 0 Å². The normalized spacial score (nSPS) is 16.6. The van der Waals surface area contributed by atoms with Crippen molar-refractivity contribution >= 4 is 11.6 Å². The second-order valence-electron chi connectivity index (χ2n) is 6.46. The Morgan fingerprint density at radius 1 is 0.923 bits per heavy atom. The van der Waals surface area contributed by atoms with Crippen molar-refractivity contribution in [2.45, 2.75) is 18.9 Å². The standard InChI is InChI=1S/C21H20N4O/c22-21(26)19-2-1-13-25(19)20-14-17(15-5-9-23-10-6-15)3-4-18(20)16-7-11-24-12-8-16/h3-12,14,19H,1-2,13H2,(H2,22,26). The first-order chi connectivity index (χ1) is 12.7. The molecule has 130 valence electrons. The third-order valence-electron chi connectivity index (χ3n) is 4.89. The van der Waals surface area contributed by atoms with E-state index in [4.69, 9.17) is 5.73 Å². The Labute approximate surface area is 152 Å². The summed E-state index contributed by atoms with van der Waals surface area (Å²) in [6, 6.07) is 14.0. The number of rotatable bonds is 4. The van der Waals surface area contributed by atoms with E-state index in [1.165, 1.54) is 0 Å². The van der Waals surface area contributed by atoms with Crippen molar-refractivity contribution in [2.24, 2.45) is 5.73 Å². The molecule has 0 bridgehead atoms. The summed E-state index contributed by atoms with van der Waals surface area (Å²) >= 11 is 0. The molecule has 26 heavy (non-hydrogen) atoms. The molecule has 1 fully saturated rings. The van der Waals surface area contributed by atoms with Gasteiger partial charge in [0.15, 0.2) is 0 Å². The highest BCUT2D eigenvalue weighted by Crippen LogP contribution is 2.38. The van der Waals surface area contributed by atoms with Crippen LogP contribution in [0.15, 0.2) is 67.3 Å². The van der Waals surface area contributed by atoms with Gasteiger partial charge in [-0.05, 0) is 59.9 Å². The first-order valence-corrected chi connectivity index (χ1v) is 8.75. The van der Waals surface area contributed by atoms with Crippen molar-refractivity contribution in [2.75, 3.05) is 11.4 Å². The molecule has 4 rings (SSSR count). The van der Waals surface area contributed by atoms with Crippen LogP contribution in [0.4, 0.5) is 5.69 Å². The van der Waals surface area contributed by atoms with E-state index >= 15 is 0 Å². The molecule has 1 saturated heterocycles. The van der Waals surface area contributed by atoms with E-state index in [1.54, 1.807) is 24.8 Å². The molecule has 1 aliphatic heterocycles. The molecule has 1 amide bonds. The largest absolute Gasteiger partial charge is 0.368 e. The molecule has 1 aromatic carbocycles. The van der Waals surface area contributed by atoms with Gasteiger partial charge in [0.1, 0.15) is 6.04 Å². The molecule has 1 unspecified atom stereocenters. The van der Waals surface area contributed by atoms with Crippen molar-refractivity contribution in [3.05, 3.63) is 67.3 Å². The molecule has 3 aromatic rings. The number of carbonyl (C=O) groups excluding carboxylic acids is 1. The number of amides is 1. The molecule has 2 N–H and O–H groups in total. The first kappa shape index (κ1) is 16.3. The summed E-state index contributed by atoms with van der Waals surface area (Å²) in [5, 5.41) is 0. The van der Waals surface area contributed by atoms with E-state index in [2.05, 4.69) is 33.1 Å². The van der Waals surface area contributed by atoms with Crippen LogP contribution >= 0.6 is 0 Å². The van der Waals surface area contributed by atoms with E-state index in [1.807, 2.05) is 24.3 Å². The van der Waals surface area contributed by atoms with E-state index in [-0.39, 0.29) is 11.9 Å². The lowest BCUT2D eigenvalue weighted by Crippen LogP contribution is -2.40.